The Kier molecular flexibility index (Phi) is 14.9. The molecule has 0 N–H and O–H groups in total. The van der Waals surface area contributed by atoms with Gasteiger partial charge >= 0.3 is 125 Å². The molecule has 0 heterocycles. The van der Waals surface area contributed by atoms with Crippen molar-refractivity contribution in [3.63, 3.8) is 0 Å². The monoisotopic (exact) mass is 262 g/mol. The zero-order chi connectivity index (χ0) is 9.07. The Morgan fingerprint density at radius 2 is 1.15 bits per heavy atom. The Morgan fingerprint density at radius 1 is 0.923 bits per heavy atom. The predicted molar refractivity (Wildman–Crippen MR) is 46.7 cm³/mol. The summed E-state index contributed by atoms with van der Waals surface area (Å²) in [5, 5.41) is 0. The van der Waals surface area contributed by atoms with E-state index < -0.39 is 22.3 Å². The van der Waals surface area contributed by atoms with E-state index in [-0.39, 0.29) is 103 Å². The molecule has 6 nitrogen and oxygen atoms in total. The summed E-state index contributed by atoms with van der Waals surface area (Å²) in [7, 11) is -4.48. The molecule has 0 unspecified atom stereocenters. The molecule has 0 radical (unpaired) electrons. The van der Waals surface area contributed by atoms with Gasteiger partial charge in [0.15, 0.2) is 0 Å². The third-order valence-electron chi connectivity index (χ3n) is 0.439. The first-order valence-electron chi connectivity index (χ1n) is 2.48. The van der Waals surface area contributed by atoms with E-state index in [1.54, 1.807) is 0 Å². The fraction of sp³-hybridized carbons (Fsp3) is 0.500. The quantitative estimate of drug-likeness (QED) is 0.538. The van der Waals surface area contributed by atoms with E-state index in [1.165, 1.54) is 0 Å². The molecular formula is C4H8K2O6S. The van der Waals surface area contributed by atoms with Crippen molar-refractivity contribution in [2.75, 3.05) is 0 Å². The van der Waals surface area contributed by atoms with Crippen LogP contribution in [0.1, 0.15) is 13.8 Å². The molecule has 13 heavy (non-hydrogen) atoms. The molecule has 0 fully saturated rings. The van der Waals surface area contributed by atoms with Gasteiger partial charge in [-0.1, -0.05) is 0 Å². The van der Waals surface area contributed by atoms with Crippen LogP contribution in [0.5, 0.6) is 0 Å². The summed E-state index contributed by atoms with van der Waals surface area (Å²) in [4.78, 5) is 20.1. The van der Waals surface area contributed by atoms with Crippen LogP contribution in [-0.4, -0.2) is 123 Å². The van der Waals surface area contributed by atoms with Gasteiger partial charge in [-0.05, 0) is 0 Å². The number of hydrogen-bond donors (Lipinski definition) is 0. The van der Waals surface area contributed by atoms with Crippen molar-refractivity contribution in [2.45, 2.75) is 13.8 Å². The predicted octanol–water partition coefficient (Wildman–Crippen LogP) is -1.94. The van der Waals surface area contributed by atoms with Gasteiger partial charge in [-0.15, -0.1) is 8.42 Å². The van der Waals surface area contributed by atoms with E-state index in [2.05, 4.69) is 8.37 Å². The number of carbonyl (C=O) groups is 2. The molecule has 0 atom stereocenters. The average Bonchev–Trinajstić information content (AvgIpc) is 1.53. The Morgan fingerprint density at radius 3 is 1.31 bits per heavy atom. The average molecular weight is 262 g/mol. The molecule has 68 valence electrons. The van der Waals surface area contributed by atoms with Gasteiger partial charge in [0.05, 0.1) is 0 Å². The first kappa shape index (κ1) is 20.6. The molecule has 0 aromatic rings. The van der Waals surface area contributed by atoms with Crippen molar-refractivity contribution in [2.24, 2.45) is 0 Å². The fourth-order valence-corrected chi connectivity index (χ4v) is 0.913. The van der Waals surface area contributed by atoms with Gasteiger partial charge in [0.2, 0.25) is 0 Å². The van der Waals surface area contributed by atoms with Crippen LogP contribution < -0.4 is 0 Å². The molecule has 0 spiro atoms. The van der Waals surface area contributed by atoms with Gasteiger partial charge in [-0.25, -0.2) is 0 Å². The van der Waals surface area contributed by atoms with Crippen LogP contribution in [0.25, 0.3) is 0 Å². The van der Waals surface area contributed by atoms with Crippen LogP contribution in [-0.2, 0) is 28.4 Å². The summed E-state index contributed by atoms with van der Waals surface area (Å²) in [6, 6.07) is 0. The molecule has 0 saturated carbocycles. The molecule has 0 aliphatic heterocycles. The molecule has 0 saturated heterocycles. The Hall–Kier alpha value is 2.16. The van der Waals surface area contributed by atoms with Crippen LogP contribution in [0, 0.1) is 0 Å². The van der Waals surface area contributed by atoms with Gasteiger partial charge in [-0.2, -0.15) is 0 Å². The van der Waals surface area contributed by atoms with Crippen molar-refractivity contribution >= 4 is 125 Å². The zero-order valence-electron chi connectivity index (χ0n) is 5.86. The maximum absolute atomic E-state index is 10.4. The van der Waals surface area contributed by atoms with Crippen molar-refractivity contribution in [1.29, 1.82) is 0 Å². The minimum absolute atomic E-state index is 0. The van der Waals surface area contributed by atoms with E-state index in [1.807, 2.05) is 0 Å². The topological polar surface area (TPSA) is 86.7 Å². The zero-order valence-corrected chi connectivity index (χ0v) is 6.67. The summed E-state index contributed by atoms with van der Waals surface area (Å²) in [5.41, 5.74) is 0. The second-order valence-corrected chi connectivity index (χ2v) is 2.71. The van der Waals surface area contributed by atoms with Gasteiger partial charge in [0.1, 0.15) is 0 Å². The summed E-state index contributed by atoms with van der Waals surface area (Å²) in [5.74, 6) is -2.13. The summed E-state index contributed by atoms with van der Waals surface area (Å²) in [6.45, 7) is 1.75. The fourth-order valence-electron chi connectivity index (χ4n) is 0.304. The van der Waals surface area contributed by atoms with Crippen LogP contribution in [0.3, 0.4) is 0 Å². The third-order valence-corrected chi connectivity index (χ3v) is 1.32. The Labute approximate surface area is 161 Å². The van der Waals surface area contributed by atoms with E-state index in [4.69, 9.17) is 0 Å². The van der Waals surface area contributed by atoms with Gasteiger partial charge in [0, 0.05) is 13.8 Å². The third kappa shape index (κ3) is 14.2. The van der Waals surface area contributed by atoms with Crippen LogP contribution >= 0.6 is 0 Å². The Balaban J connectivity index is -0.000000500. The van der Waals surface area contributed by atoms with Gasteiger partial charge in [-0.3, -0.25) is 9.59 Å². The normalized spacial score (nSPS) is 8.77. The first-order chi connectivity index (χ1) is 4.83. The summed E-state index contributed by atoms with van der Waals surface area (Å²) in [6.07, 6.45) is 0. The number of hydrogen-bond acceptors (Lipinski definition) is 6. The van der Waals surface area contributed by atoms with Crippen molar-refractivity contribution < 1.29 is 26.4 Å². The molecule has 0 aliphatic rings. The summed E-state index contributed by atoms with van der Waals surface area (Å²) >= 11 is 0. The van der Waals surface area contributed by atoms with Crippen molar-refractivity contribution in [3.8, 4) is 0 Å². The summed E-state index contributed by atoms with van der Waals surface area (Å²) < 4.78 is 28.0. The van der Waals surface area contributed by atoms with E-state index in [0.717, 1.165) is 13.8 Å². The molecule has 0 aliphatic carbocycles. The second-order valence-electron chi connectivity index (χ2n) is 1.56. The van der Waals surface area contributed by atoms with Crippen LogP contribution in [0.15, 0.2) is 0 Å². The molecule has 9 heteroatoms. The molecule has 0 rings (SSSR count). The Bertz CT molecular complexity index is 248. The van der Waals surface area contributed by atoms with Crippen LogP contribution in [0.2, 0.25) is 0 Å². The SMILES string of the molecule is CC(=O)OS(=O)(=O)OC(C)=O.[KH].[KH]. The van der Waals surface area contributed by atoms with E-state index in [9.17, 15) is 18.0 Å². The maximum atomic E-state index is 10.4. The second kappa shape index (κ2) is 9.39. The number of carbonyl (C=O) groups excluding carboxylic acids is 2. The molecule has 0 aromatic heterocycles. The minimum atomic E-state index is -4.48. The van der Waals surface area contributed by atoms with Crippen molar-refractivity contribution in [3.05, 3.63) is 0 Å². The van der Waals surface area contributed by atoms with E-state index >= 15 is 0 Å². The molecule has 0 bridgehead atoms. The van der Waals surface area contributed by atoms with Gasteiger partial charge in [0.25, 0.3) is 0 Å². The van der Waals surface area contributed by atoms with Gasteiger partial charge < -0.3 is 8.37 Å². The number of rotatable bonds is 2. The molecule has 0 aromatic carbocycles. The standard InChI is InChI=1S/C4H6O6S.2K.2H/c1-3(5)9-11(7,8)10-4(2)6;;;;/h1-2H3;;;;. The molecular weight excluding hydrogens is 254 g/mol. The molecule has 0 amide bonds. The van der Waals surface area contributed by atoms with E-state index in [0.29, 0.717) is 0 Å². The first-order valence-corrected chi connectivity index (χ1v) is 3.82. The van der Waals surface area contributed by atoms with Crippen molar-refractivity contribution in [1.82, 2.24) is 0 Å². The van der Waals surface area contributed by atoms with Crippen LogP contribution in [0.4, 0.5) is 0 Å².